The molecular weight excluding hydrogens is 216 g/mol. The SMILES string of the molecule is NC(=O)C1C=Cc2cc3n(c2=N1)C=CC=NC=3. The summed E-state index contributed by atoms with van der Waals surface area (Å²) < 4.78 is 1.89. The zero-order valence-electron chi connectivity index (χ0n) is 8.95. The normalized spacial score (nSPS) is 19.9. The van der Waals surface area contributed by atoms with Gasteiger partial charge >= 0.3 is 0 Å². The molecule has 1 unspecified atom stereocenters. The highest BCUT2D eigenvalue weighted by atomic mass is 16.1. The molecule has 3 heterocycles. The number of carbonyl (C=O) groups excluding carboxylic acids is 1. The Bertz CT molecular complexity index is 691. The molecule has 1 atom stereocenters. The van der Waals surface area contributed by atoms with Crippen molar-refractivity contribution < 1.29 is 4.79 Å². The Morgan fingerprint density at radius 3 is 3.18 bits per heavy atom. The van der Waals surface area contributed by atoms with Crippen molar-refractivity contribution in [1.29, 1.82) is 0 Å². The maximum absolute atomic E-state index is 11.1. The molecule has 0 spiro atoms. The van der Waals surface area contributed by atoms with Crippen LogP contribution >= 0.6 is 0 Å². The van der Waals surface area contributed by atoms with Crippen LogP contribution in [0.1, 0.15) is 5.56 Å². The Labute approximate surface area is 97.0 Å². The number of aliphatic imine (C=N–C) groups is 1. The third kappa shape index (κ3) is 1.52. The van der Waals surface area contributed by atoms with Crippen LogP contribution in [0.5, 0.6) is 0 Å². The van der Waals surface area contributed by atoms with Gasteiger partial charge in [0.05, 0.1) is 11.5 Å². The molecule has 2 aliphatic rings. The van der Waals surface area contributed by atoms with Crippen LogP contribution < -0.4 is 16.6 Å². The molecule has 0 aromatic carbocycles. The van der Waals surface area contributed by atoms with Crippen LogP contribution in [0, 0.1) is 0 Å². The fraction of sp³-hybridized carbons (Fsp3) is 0.0833. The molecule has 5 nitrogen and oxygen atoms in total. The average molecular weight is 226 g/mol. The molecule has 5 heteroatoms. The second-order valence-corrected chi connectivity index (χ2v) is 3.82. The Morgan fingerprint density at radius 2 is 2.35 bits per heavy atom. The summed E-state index contributed by atoms with van der Waals surface area (Å²) in [4.78, 5) is 19.6. The van der Waals surface area contributed by atoms with Gasteiger partial charge in [0, 0.05) is 18.0 Å². The third-order valence-electron chi connectivity index (χ3n) is 2.69. The monoisotopic (exact) mass is 226 g/mol. The van der Waals surface area contributed by atoms with Gasteiger partial charge in [-0.25, -0.2) is 4.99 Å². The van der Waals surface area contributed by atoms with Gasteiger partial charge in [0.15, 0.2) is 0 Å². The predicted octanol–water partition coefficient (Wildman–Crippen LogP) is -0.718. The van der Waals surface area contributed by atoms with Crippen molar-refractivity contribution in [1.82, 2.24) is 4.57 Å². The maximum Gasteiger partial charge on any atom is 0.246 e. The first kappa shape index (κ1) is 9.77. The Hall–Kier alpha value is -2.43. The van der Waals surface area contributed by atoms with E-state index in [9.17, 15) is 4.79 Å². The van der Waals surface area contributed by atoms with Crippen molar-refractivity contribution in [2.45, 2.75) is 6.04 Å². The van der Waals surface area contributed by atoms with E-state index in [0.717, 1.165) is 16.4 Å². The van der Waals surface area contributed by atoms with Gasteiger partial charge in [-0.3, -0.25) is 14.4 Å². The fourth-order valence-electron chi connectivity index (χ4n) is 1.89. The van der Waals surface area contributed by atoms with E-state index < -0.39 is 11.9 Å². The molecule has 0 saturated heterocycles. The minimum atomic E-state index is -0.584. The van der Waals surface area contributed by atoms with Crippen LogP contribution in [0.4, 0.5) is 0 Å². The number of primary amides is 1. The molecule has 2 N–H and O–H groups in total. The number of nitrogens with zero attached hydrogens (tertiary/aromatic N) is 3. The fourth-order valence-corrected chi connectivity index (χ4v) is 1.89. The van der Waals surface area contributed by atoms with Crippen molar-refractivity contribution in [2.75, 3.05) is 0 Å². The lowest BCUT2D eigenvalue weighted by molar-refractivity contribution is -0.118. The van der Waals surface area contributed by atoms with Gasteiger partial charge in [0.2, 0.25) is 5.91 Å². The van der Waals surface area contributed by atoms with Crippen molar-refractivity contribution in [2.24, 2.45) is 15.7 Å². The van der Waals surface area contributed by atoms with Crippen molar-refractivity contribution in [3.63, 3.8) is 0 Å². The first-order chi connectivity index (χ1) is 8.25. The van der Waals surface area contributed by atoms with E-state index in [0.29, 0.717) is 0 Å². The van der Waals surface area contributed by atoms with Crippen molar-refractivity contribution >= 4 is 30.6 Å². The summed E-state index contributed by atoms with van der Waals surface area (Å²) in [5.41, 5.74) is 6.96. The van der Waals surface area contributed by atoms with E-state index in [2.05, 4.69) is 9.98 Å². The number of nitrogens with two attached hydrogens (primary N) is 1. The van der Waals surface area contributed by atoms with Gasteiger partial charge in [-0.2, -0.15) is 0 Å². The van der Waals surface area contributed by atoms with Gasteiger partial charge < -0.3 is 5.73 Å². The molecule has 1 aromatic heterocycles. The third-order valence-corrected chi connectivity index (χ3v) is 2.69. The van der Waals surface area contributed by atoms with Gasteiger partial charge in [-0.05, 0) is 18.2 Å². The molecule has 84 valence electrons. The predicted molar refractivity (Wildman–Crippen MR) is 65.5 cm³/mol. The molecule has 0 bridgehead atoms. The van der Waals surface area contributed by atoms with Gasteiger partial charge in [0.1, 0.15) is 11.5 Å². The number of rotatable bonds is 1. The van der Waals surface area contributed by atoms with Crippen LogP contribution in [0.3, 0.4) is 0 Å². The lowest BCUT2D eigenvalue weighted by Crippen LogP contribution is -2.32. The lowest BCUT2D eigenvalue weighted by atomic mass is 10.2. The first-order valence-corrected chi connectivity index (χ1v) is 5.22. The summed E-state index contributed by atoms with van der Waals surface area (Å²) in [6.45, 7) is 0. The number of allylic oxidation sites excluding steroid dienone is 1. The number of carbonyl (C=O) groups is 1. The highest BCUT2D eigenvalue weighted by Gasteiger charge is 2.15. The maximum atomic E-state index is 11.1. The molecule has 0 radical (unpaired) electrons. The largest absolute Gasteiger partial charge is 0.368 e. The highest BCUT2D eigenvalue weighted by molar-refractivity contribution is 5.84. The zero-order chi connectivity index (χ0) is 11.8. The number of hydrogen-bond donors (Lipinski definition) is 1. The molecule has 1 aromatic rings. The Morgan fingerprint density at radius 1 is 1.47 bits per heavy atom. The summed E-state index contributed by atoms with van der Waals surface area (Å²) in [6, 6.07) is 1.39. The summed E-state index contributed by atoms with van der Waals surface area (Å²) >= 11 is 0. The summed E-state index contributed by atoms with van der Waals surface area (Å²) in [5, 5.41) is 0.929. The number of aromatic nitrogens is 1. The summed E-state index contributed by atoms with van der Waals surface area (Å²) in [7, 11) is 0. The molecule has 3 rings (SSSR count). The smallest absolute Gasteiger partial charge is 0.246 e. The number of hydrogen-bond acceptors (Lipinski definition) is 3. The van der Waals surface area contributed by atoms with E-state index in [1.807, 2.05) is 29.0 Å². The van der Waals surface area contributed by atoms with Crippen LogP contribution in [0.25, 0.3) is 18.5 Å². The molecule has 0 aliphatic carbocycles. The molecule has 2 aliphatic heterocycles. The minimum Gasteiger partial charge on any atom is -0.368 e. The second-order valence-electron chi connectivity index (χ2n) is 3.82. The molecule has 17 heavy (non-hydrogen) atoms. The minimum absolute atomic E-state index is 0.444. The van der Waals surface area contributed by atoms with Gasteiger partial charge in [-0.1, -0.05) is 6.08 Å². The van der Waals surface area contributed by atoms with Crippen molar-refractivity contribution in [3.05, 3.63) is 34.6 Å². The van der Waals surface area contributed by atoms with Crippen LogP contribution in [-0.4, -0.2) is 22.7 Å². The standard InChI is InChI=1S/C12H10N4O/c13-11(17)10-3-2-8-6-9-7-14-4-1-5-16(9)12(8)15-10/h1-7,10H,(H2,13,17). The highest BCUT2D eigenvalue weighted by Crippen LogP contribution is 2.05. The number of amides is 1. The van der Waals surface area contributed by atoms with Crippen LogP contribution in [-0.2, 0) is 4.79 Å². The first-order valence-electron chi connectivity index (χ1n) is 5.22. The topological polar surface area (TPSA) is 72.7 Å². The molecule has 0 fully saturated rings. The van der Waals surface area contributed by atoms with E-state index in [1.165, 1.54) is 0 Å². The average Bonchev–Trinajstić information content (AvgIpc) is 2.51. The molecule has 1 amide bonds. The summed E-state index contributed by atoms with van der Waals surface area (Å²) in [6.07, 6.45) is 10.7. The van der Waals surface area contributed by atoms with E-state index in [4.69, 9.17) is 5.73 Å². The Balaban J connectivity index is 2.29. The van der Waals surface area contributed by atoms with Crippen molar-refractivity contribution in [3.8, 4) is 0 Å². The number of fused-ring (bicyclic) bond motifs is 3. The summed E-state index contributed by atoms with van der Waals surface area (Å²) in [5.74, 6) is -0.444. The van der Waals surface area contributed by atoms with E-state index in [-0.39, 0.29) is 0 Å². The quantitative estimate of drug-likeness (QED) is 0.674. The Kier molecular flexibility index (Phi) is 2.04. The van der Waals surface area contributed by atoms with Gasteiger partial charge in [-0.15, -0.1) is 0 Å². The van der Waals surface area contributed by atoms with Crippen LogP contribution in [0.15, 0.2) is 28.2 Å². The van der Waals surface area contributed by atoms with E-state index in [1.54, 1.807) is 18.5 Å². The molecule has 0 saturated carbocycles. The zero-order valence-corrected chi connectivity index (χ0v) is 8.95. The molecular formula is C12H10N4O. The lowest BCUT2D eigenvalue weighted by Gasteiger charge is -2.06. The van der Waals surface area contributed by atoms with E-state index >= 15 is 0 Å². The van der Waals surface area contributed by atoms with Crippen LogP contribution in [0.2, 0.25) is 0 Å². The second kappa shape index (κ2) is 3.55. The van der Waals surface area contributed by atoms with Gasteiger partial charge in [0.25, 0.3) is 0 Å².